The van der Waals surface area contributed by atoms with Gasteiger partial charge in [-0.1, -0.05) is 44.2 Å². The van der Waals surface area contributed by atoms with E-state index in [0.717, 1.165) is 17.0 Å². The van der Waals surface area contributed by atoms with Crippen LogP contribution in [-0.2, 0) is 11.2 Å². The predicted octanol–water partition coefficient (Wildman–Crippen LogP) is 3.13. The van der Waals surface area contributed by atoms with Gasteiger partial charge >= 0.3 is 0 Å². The van der Waals surface area contributed by atoms with Crippen LogP contribution in [0.4, 0.5) is 5.69 Å². The van der Waals surface area contributed by atoms with Gasteiger partial charge in [-0.2, -0.15) is 0 Å². The fourth-order valence-electron chi connectivity index (χ4n) is 2.64. The van der Waals surface area contributed by atoms with Gasteiger partial charge in [-0.05, 0) is 47.5 Å². The number of benzene rings is 2. The first-order valence-corrected chi connectivity index (χ1v) is 8.65. The van der Waals surface area contributed by atoms with Crippen molar-refractivity contribution in [2.45, 2.75) is 32.3 Å². The predicted molar refractivity (Wildman–Crippen MR) is 103 cm³/mol. The van der Waals surface area contributed by atoms with Crippen LogP contribution in [-0.4, -0.2) is 17.1 Å². The van der Waals surface area contributed by atoms with Crippen LogP contribution < -0.4 is 20.9 Å². The molecule has 2 aromatic rings. The van der Waals surface area contributed by atoms with Crippen LogP contribution in [0.15, 0.2) is 48.5 Å². The van der Waals surface area contributed by atoms with E-state index in [4.69, 9.17) is 17.0 Å². The number of carbonyl (C=O) groups excluding carboxylic acids is 1. The average molecular weight is 355 g/mol. The van der Waals surface area contributed by atoms with E-state index in [0.29, 0.717) is 17.5 Å². The molecule has 0 spiro atoms. The van der Waals surface area contributed by atoms with Crippen molar-refractivity contribution in [3.05, 3.63) is 59.7 Å². The van der Waals surface area contributed by atoms with Crippen LogP contribution in [0.5, 0.6) is 5.75 Å². The normalized spacial score (nSPS) is 15.2. The van der Waals surface area contributed by atoms with Gasteiger partial charge in [0.05, 0.1) is 0 Å². The van der Waals surface area contributed by atoms with Crippen molar-refractivity contribution in [1.29, 1.82) is 0 Å². The van der Waals surface area contributed by atoms with Crippen molar-refractivity contribution in [2.75, 3.05) is 5.32 Å². The second-order valence-electron chi connectivity index (χ2n) is 6.26. The first-order valence-electron chi connectivity index (χ1n) is 8.24. The topological polar surface area (TPSA) is 62.4 Å². The summed E-state index contributed by atoms with van der Waals surface area (Å²) < 4.78 is 5.64. The number of hydrogen-bond donors (Lipinski definition) is 3. The number of para-hydroxylation sites is 1. The van der Waals surface area contributed by atoms with Crippen LogP contribution >= 0.6 is 12.2 Å². The Morgan fingerprint density at radius 2 is 1.84 bits per heavy atom. The number of anilines is 1. The highest BCUT2D eigenvalue weighted by atomic mass is 32.1. The highest BCUT2D eigenvalue weighted by molar-refractivity contribution is 7.80. The fraction of sp³-hybridized carbons (Fsp3) is 0.263. The minimum absolute atomic E-state index is 0.254. The van der Waals surface area contributed by atoms with Crippen LogP contribution in [0, 0.1) is 0 Å². The molecule has 130 valence electrons. The lowest BCUT2D eigenvalue weighted by Crippen LogP contribution is -2.49. The summed E-state index contributed by atoms with van der Waals surface area (Å²) in [5.74, 6) is 0.984. The maximum Gasteiger partial charge on any atom is 0.279 e. The van der Waals surface area contributed by atoms with Gasteiger partial charge in [-0.3, -0.25) is 15.6 Å². The summed E-state index contributed by atoms with van der Waals surface area (Å²) in [6.45, 7) is 4.29. The molecule has 5 nitrogen and oxygen atoms in total. The molecule has 25 heavy (non-hydrogen) atoms. The van der Waals surface area contributed by atoms with Crippen molar-refractivity contribution in [3.8, 4) is 5.75 Å². The molecule has 3 rings (SSSR count). The first-order chi connectivity index (χ1) is 12.0. The molecule has 0 bridgehead atoms. The number of hydrogen-bond acceptors (Lipinski definition) is 3. The van der Waals surface area contributed by atoms with Gasteiger partial charge in [-0.25, -0.2) is 0 Å². The number of thiocarbonyl (C=S) groups is 1. The molecule has 1 aliphatic heterocycles. The van der Waals surface area contributed by atoms with Gasteiger partial charge in [0.15, 0.2) is 11.2 Å². The Morgan fingerprint density at radius 3 is 2.52 bits per heavy atom. The number of fused-ring (bicyclic) bond motifs is 1. The maximum absolute atomic E-state index is 12.2. The van der Waals surface area contributed by atoms with E-state index in [9.17, 15) is 4.79 Å². The Bertz CT molecular complexity index is 749. The molecule has 0 radical (unpaired) electrons. The minimum Gasteiger partial charge on any atom is -0.480 e. The third-order valence-electron chi connectivity index (χ3n) is 4.07. The summed E-state index contributed by atoms with van der Waals surface area (Å²) >= 11 is 5.21. The second-order valence-corrected chi connectivity index (χ2v) is 6.67. The quantitative estimate of drug-likeness (QED) is 0.583. The molecular weight excluding hydrogens is 334 g/mol. The lowest BCUT2D eigenvalue weighted by atomic mass is 10.0. The van der Waals surface area contributed by atoms with E-state index in [-0.39, 0.29) is 5.91 Å². The number of amides is 1. The third-order valence-corrected chi connectivity index (χ3v) is 4.28. The van der Waals surface area contributed by atoms with Crippen LogP contribution in [0.1, 0.15) is 30.9 Å². The highest BCUT2D eigenvalue weighted by Crippen LogP contribution is 2.27. The van der Waals surface area contributed by atoms with Gasteiger partial charge in [0.2, 0.25) is 0 Å². The molecule has 1 amide bonds. The summed E-state index contributed by atoms with van der Waals surface area (Å²) in [6, 6.07) is 15.7. The zero-order chi connectivity index (χ0) is 17.8. The Balaban J connectivity index is 1.47. The molecule has 1 heterocycles. The van der Waals surface area contributed by atoms with E-state index in [1.807, 2.05) is 36.4 Å². The van der Waals surface area contributed by atoms with E-state index in [1.54, 1.807) is 0 Å². The number of hydrazine groups is 1. The lowest BCUT2D eigenvalue weighted by molar-refractivity contribution is -0.127. The average Bonchev–Trinajstić information content (AvgIpc) is 3.04. The van der Waals surface area contributed by atoms with Crippen molar-refractivity contribution in [1.82, 2.24) is 10.9 Å². The summed E-state index contributed by atoms with van der Waals surface area (Å²) in [5.41, 5.74) is 8.46. The number of carbonyl (C=O) groups is 1. The molecule has 6 heteroatoms. The second kappa shape index (κ2) is 7.53. The Hall–Kier alpha value is -2.60. The molecular formula is C19H21N3O2S. The van der Waals surface area contributed by atoms with Gasteiger partial charge in [-0.15, -0.1) is 0 Å². The molecule has 0 saturated heterocycles. The van der Waals surface area contributed by atoms with Gasteiger partial charge < -0.3 is 10.1 Å². The van der Waals surface area contributed by atoms with E-state index in [2.05, 4.69) is 42.1 Å². The SMILES string of the molecule is CC(C)c1ccc(NC(=S)NNC(=O)[C@@H]2Cc3ccccc3O2)cc1. The molecule has 2 aromatic carbocycles. The zero-order valence-electron chi connectivity index (χ0n) is 14.2. The minimum atomic E-state index is -0.543. The zero-order valence-corrected chi connectivity index (χ0v) is 15.0. The molecule has 1 atom stereocenters. The molecule has 0 saturated carbocycles. The van der Waals surface area contributed by atoms with Gasteiger partial charge in [0.1, 0.15) is 5.75 Å². The molecule has 1 aliphatic rings. The van der Waals surface area contributed by atoms with Gasteiger partial charge in [0.25, 0.3) is 5.91 Å². The van der Waals surface area contributed by atoms with Crippen molar-refractivity contribution >= 4 is 28.9 Å². The van der Waals surface area contributed by atoms with Crippen LogP contribution in [0.2, 0.25) is 0 Å². The van der Waals surface area contributed by atoms with E-state index in [1.165, 1.54) is 5.56 Å². The first kappa shape index (κ1) is 17.2. The third kappa shape index (κ3) is 4.28. The summed E-state index contributed by atoms with van der Waals surface area (Å²) in [7, 11) is 0. The Kier molecular flexibility index (Phi) is 5.19. The number of ether oxygens (including phenoxy) is 1. The monoisotopic (exact) mass is 355 g/mol. The number of nitrogens with one attached hydrogen (secondary N) is 3. The summed E-state index contributed by atoms with van der Waals surface area (Å²) in [6.07, 6.45) is 0.0126. The molecule has 3 N–H and O–H groups in total. The Morgan fingerprint density at radius 1 is 1.12 bits per heavy atom. The van der Waals surface area contributed by atoms with Crippen LogP contribution in [0.25, 0.3) is 0 Å². The van der Waals surface area contributed by atoms with Crippen molar-refractivity contribution in [3.63, 3.8) is 0 Å². The number of rotatable bonds is 3. The van der Waals surface area contributed by atoms with Crippen LogP contribution in [0.3, 0.4) is 0 Å². The summed E-state index contributed by atoms with van der Waals surface area (Å²) in [4.78, 5) is 12.2. The van der Waals surface area contributed by atoms with Crippen molar-refractivity contribution in [2.24, 2.45) is 0 Å². The molecule has 0 aromatic heterocycles. The summed E-state index contributed by atoms with van der Waals surface area (Å²) in [5, 5.41) is 3.36. The fourth-order valence-corrected chi connectivity index (χ4v) is 2.81. The molecule has 0 aliphatic carbocycles. The van der Waals surface area contributed by atoms with E-state index < -0.39 is 6.10 Å². The lowest BCUT2D eigenvalue weighted by Gasteiger charge is -2.15. The Labute approximate surface area is 152 Å². The smallest absolute Gasteiger partial charge is 0.279 e. The largest absolute Gasteiger partial charge is 0.480 e. The van der Waals surface area contributed by atoms with E-state index >= 15 is 0 Å². The standard InChI is InChI=1S/C19H21N3O2S/c1-12(2)13-7-9-15(10-8-13)20-19(25)22-21-18(23)17-11-14-5-3-4-6-16(14)24-17/h3-10,12,17H,11H2,1-2H3,(H,21,23)(H2,20,22,25)/t17-/m0/s1. The molecule has 0 fully saturated rings. The maximum atomic E-state index is 12.2. The van der Waals surface area contributed by atoms with Crippen molar-refractivity contribution < 1.29 is 9.53 Å². The molecule has 0 unspecified atom stereocenters. The van der Waals surface area contributed by atoms with Gasteiger partial charge in [0, 0.05) is 12.1 Å². The highest BCUT2D eigenvalue weighted by Gasteiger charge is 2.28.